The molecule has 0 radical (unpaired) electrons. The van der Waals surface area contributed by atoms with Crippen molar-refractivity contribution in [1.82, 2.24) is 14.7 Å². The third kappa shape index (κ3) is 5.07. The van der Waals surface area contributed by atoms with Gasteiger partial charge in [-0.25, -0.2) is 4.68 Å². The largest absolute Gasteiger partial charge is 0.339 e. The smallest absolute Gasteiger partial charge is 0.260 e. The lowest BCUT2D eigenvalue weighted by atomic mass is 10.1. The van der Waals surface area contributed by atoms with Gasteiger partial charge >= 0.3 is 0 Å². The quantitative estimate of drug-likeness (QED) is 0.606. The van der Waals surface area contributed by atoms with Gasteiger partial charge in [-0.15, -0.1) is 0 Å². The third-order valence-corrected chi connectivity index (χ3v) is 5.24. The Morgan fingerprint density at radius 3 is 2.47 bits per heavy atom. The highest BCUT2D eigenvalue weighted by molar-refractivity contribution is 6.33. The lowest BCUT2D eigenvalue weighted by molar-refractivity contribution is -0.129. The van der Waals surface area contributed by atoms with E-state index in [4.69, 9.17) is 11.6 Å². The van der Waals surface area contributed by atoms with Crippen molar-refractivity contribution in [3.8, 4) is 0 Å². The number of carbonyl (C=O) groups is 2. The van der Waals surface area contributed by atoms with Crippen LogP contribution in [-0.4, -0.2) is 33.0 Å². The van der Waals surface area contributed by atoms with Crippen LogP contribution in [0.5, 0.6) is 0 Å². The van der Waals surface area contributed by atoms with E-state index in [0.717, 1.165) is 11.1 Å². The number of nitrogens with one attached hydrogen (secondary N) is 1. The van der Waals surface area contributed by atoms with Crippen LogP contribution in [0.3, 0.4) is 0 Å². The molecular formula is C23H25ClN4O2. The molecule has 0 fully saturated rings. The molecule has 0 aliphatic carbocycles. The van der Waals surface area contributed by atoms with Crippen molar-refractivity contribution in [1.29, 1.82) is 0 Å². The molecule has 1 aromatic heterocycles. The normalized spacial score (nSPS) is 10.7. The summed E-state index contributed by atoms with van der Waals surface area (Å²) in [4.78, 5) is 26.3. The lowest BCUT2D eigenvalue weighted by Gasteiger charge is -2.19. The predicted molar refractivity (Wildman–Crippen MR) is 119 cm³/mol. The summed E-state index contributed by atoms with van der Waals surface area (Å²) in [7, 11) is 0. The highest BCUT2D eigenvalue weighted by Gasteiger charge is 2.21. The first kappa shape index (κ1) is 21.6. The Labute approximate surface area is 181 Å². The van der Waals surface area contributed by atoms with E-state index in [1.54, 1.807) is 23.4 Å². The number of carbonyl (C=O) groups excluding carboxylic acids is 2. The van der Waals surface area contributed by atoms with Gasteiger partial charge in [-0.3, -0.25) is 9.59 Å². The summed E-state index contributed by atoms with van der Waals surface area (Å²) < 4.78 is 1.63. The van der Waals surface area contributed by atoms with Gasteiger partial charge in [0.05, 0.1) is 17.8 Å². The van der Waals surface area contributed by atoms with Crippen LogP contribution >= 0.6 is 11.6 Å². The van der Waals surface area contributed by atoms with E-state index in [2.05, 4.69) is 10.4 Å². The number of benzene rings is 2. The summed E-state index contributed by atoms with van der Waals surface area (Å²) in [6, 6.07) is 17.3. The second-order valence-corrected chi connectivity index (χ2v) is 7.44. The van der Waals surface area contributed by atoms with Crippen molar-refractivity contribution >= 4 is 29.1 Å². The average molecular weight is 425 g/mol. The van der Waals surface area contributed by atoms with Crippen molar-refractivity contribution in [2.24, 2.45) is 0 Å². The first-order valence-corrected chi connectivity index (χ1v) is 10.2. The van der Waals surface area contributed by atoms with E-state index >= 15 is 0 Å². The molecular weight excluding hydrogens is 400 g/mol. The van der Waals surface area contributed by atoms with Crippen molar-refractivity contribution in [3.63, 3.8) is 0 Å². The molecule has 7 heteroatoms. The summed E-state index contributed by atoms with van der Waals surface area (Å²) in [5.74, 6) is -0.298. The molecule has 0 aliphatic rings. The Morgan fingerprint density at radius 1 is 1.10 bits per heavy atom. The van der Waals surface area contributed by atoms with E-state index in [-0.39, 0.29) is 11.8 Å². The summed E-state index contributed by atoms with van der Waals surface area (Å²) in [6.45, 7) is 6.86. The number of aryl methyl sites for hydroxylation is 1. The van der Waals surface area contributed by atoms with Crippen LogP contribution in [0.25, 0.3) is 0 Å². The Kier molecular flexibility index (Phi) is 6.90. The number of anilines is 1. The van der Waals surface area contributed by atoms with Crippen LogP contribution < -0.4 is 5.32 Å². The predicted octanol–water partition coefficient (Wildman–Crippen LogP) is 4.51. The summed E-state index contributed by atoms with van der Waals surface area (Å²) in [5.41, 5.74) is 3.55. The van der Waals surface area contributed by atoms with Crippen molar-refractivity contribution < 1.29 is 9.59 Å². The maximum absolute atomic E-state index is 12.9. The minimum atomic E-state index is -0.312. The summed E-state index contributed by atoms with van der Waals surface area (Å²) >= 11 is 6.49. The number of halogens is 1. The molecule has 0 atom stereocenters. The monoisotopic (exact) mass is 424 g/mol. The van der Waals surface area contributed by atoms with Crippen LogP contribution in [0.15, 0.2) is 54.6 Å². The standard InChI is InChI=1S/C23H25ClN4O2/c1-4-27(17(3)29)14-19-11-8-12-20(13-19)25-23(30)21-16(2)26-28(22(21)24)15-18-9-6-5-7-10-18/h5-13H,4,14-15H2,1-3H3,(H,25,30). The maximum Gasteiger partial charge on any atom is 0.260 e. The molecule has 3 rings (SSSR count). The van der Waals surface area contributed by atoms with Crippen LogP contribution in [0, 0.1) is 6.92 Å². The SMILES string of the molecule is CCN(Cc1cccc(NC(=O)c2c(C)nn(Cc3ccccc3)c2Cl)c1)C(C)=O. The van der Waals surface area contributed by atoms with Crippen molar-refractivity contribution in [3.05, 3.63) is 82.1 Å². The highest BCUT2D eigenvalue weighted by Crippen LogP contribution is 2.23. The van der Waals surface area contributed by atoms with Crippen molar-refractivity contribution in [2.75, 3.05) is 11.9 Å². The fourth-order valence-electron chi connectivity index (χ4n) is 3.28. The fraction of sp³-hybridized carbons (Fsp3) is 0.261. The van der Waals surface area contributed by atoms with E-state index in [1.165, 1.54) is 0 Å². The van der Waals surface area contributed by atoms with E-state index in [0.29, 0.717) is 41.7 Å². The molecule has 1 heterocycles. The molecule has 156 valence electrons. The van der Waals surface area contributed by atoms with E-state index < -0.39 is 0 Å². The van der Waals surface area contributed by atoms with Gasteiger partial charge in [0, 0.05) is 25.7 Å². The molecule has 2 amide bonds. The Balaban J connectivity index is 1.76. The summed E-state index contributed by atoms with van der Waals surface area (Å²) in [6.07, 6.45) is 0. The Morgan fingerprint density at radius 2 is 1.80 bits per heavy atom. The molecule has 0 saturated heterocycles. The topological polar surface area (TPSA) is 67.2 Å². The van der Waals surface area contributed by atoms with Gasteiger partial charge in [0.25, 0.3) is 5.91 Å². The molecule has 0 bridgehead atoms. The van der Waals surface area contributed by atoms with Gasteiger partial charge in [0.1, 0.15) is 5.15 Å². The molecule has 0 saturated carbocycles. The molecule has 6 nitrogen and oxygen atoms in total. The van der Waals surface area contributed by atoms with Crippen molar-refractivity contribution in [2.45, 2.75) is 33.9 Å². The van der Waals surface area contributed by atoms with Gasteiger partial charge < -0.3 is 10.2 Å². The first-order chi connectivity index (χ1) is 14.4. The number of hydrogen-bond acceptors (Lipinski definition) is 3. The molecule has 1 N–H and O–H groups in total. The molecule has 3 aromatic rings. The maximum atomic E-state index is 12.9. The van der Waals surface area contributed by atoms with Crippen LogP contribution in [0.4, 0.5) is 5.69 Å². The Bertz CT molecular complexity index is 1050. The van der Waals surface area contributed by atoms with Gasteiger partial charge in [0.2, 0.25) is 5.91 Å². The summed E-state index contributed by atoms with van der Waals surface area (Å²) in [5, 5.41) is 7.64. The van der Waals surface area contributed by atoms with E-state index in [9.17, 15) is 9.59 Å². The molecule has 30 heavy (non-hydrogen) atoms. The molecule has 2 aromatic carbocycles. The second-order valence-electron chi connectivity index (χ2n) is 7.08. The third-order valence-electron chi connectivity index (χ3n) is 4.85. The zero-order chi connectivity index (χ0) is 21.7. The number of amides is 2. The second kappa shape index (κ2) is 9.59. The van der Waals surface area contributed by atoms with Crippen LogP contribution in [0.1, 0.15) is 41.0 Å². The first-order valence-electron chi connectivity index (χ1n) is 9.81. The molecule has 0 unspecified atom stereocenters. The Hall–Kier alpha value is -3.12. The van der Waals surface area contributed by atoms with Crippen LogP contribution in [-0.2, 0) is 17.9 Å². The number of aromatic nitrogens is 2. The highest BCUT2D eigenvalue weighted by atomic mass is 35.5. The molecule has 0 aliphatic heterocycles. The molecule has 0 spiro atoms. The van der Waals surface area contributed by atoms with Gasteiger partial charge in [0.15, 0.2) is 0 Å². The van der Waals surface area contributed by atoms with Gasteiger partial charge in [-0.1, -0.05) is 54.1 Å². The minimum Gasteiger partial charge on any atom is -0.339 e. The fourth-order valence-corrected chi connectivity index (χ4v) is 3.60. The zero-order valence-electron chi connectivity index (χ0n) is 17.4. The van der Waals surface area contributed by atoms with Crippen LogP contribution in [0.2, 0.25) is 5.15 Å². The number of hydrogen-bond donors (Lipinski definition) is 1. The van der Waals surface area contributed by atoms with Gasteiger partial charge in [-0.05, 0) is 37.1 Å². The number of rotatable bonds is 7. The lowest BCUT2D eigenvalue weighted by Crippen LogP contribution is -2.27. The minimum absolute atomic E-state index is 0.0141. The van der Waals surface area contributed by atoms with Gasteiger partial charge in [-0.2, -0.15) is 5.10 Å². The zero-order valence-corrected chi connectivity index (χ0v) is 18.1. The average Bonchev–Trinajstić information content (AvgIpc) is 3.00. The van der Waals surface area contributed by atoms with E-state index in [1.807, 2.05) is 61.5 Å². The number of nitrogens with zero attached hydrogens (tertiary/aromatic N) is 3.